The van der Waals surface area contributed by atoms with Crippen LogP contribution in [0.1, 0.15) is 21.6 Å². The van der Waals surface area contributed by atoms with Crippen LogP contribution in [0.5, 0.6) is 0 Å². The Labute approximate surface area is 126 Å². The van der Waals surface area contributed by atoms with Crippen molar-refractivity contribution in [3.8, 4) is 0 Å². The van der Waals surface area contributed by atoms with E-state index in [-0.39, 0.29) is 0 Å². The zero-order valence-electron chi connectivity index (χ0n) is 11.0. The molecule has 0 aliphatic carbocycles. The van der Waals surface area contributed by atoms with Gasteiger partial charge in [-0.2, -0.15) is 0 Å². The number of halogens is 1. The number of aryl methyl sites for hydroxylation is 2. The minimum absolute atomic E-state index is 0.569. The molecule has 0 unspecified atom stereocenters. The Morgan fingerprint density at radius 2 is 2.11 bits per heavy atom. The largest absolute Gasteiger partial charge is 0.394 e. The van der Waals surface area contributed by atoms with Gasteiger partial charge in [-0.3, -0.25) is 0 Å². The van der Waals surface area contributed by atoms with E-state index in [0.29, 0.717) is 6.61 Å². The molecule has 0 spiro atoms. The van der Waals surface area contributed by atoms with Crippen molar-refractivity contribution in [2.75, 3.05) is 11.9 Å². The quantitative estimate of drug-likeness (QED) is 0.340. The number of benzene rings is 1. The topological polar surface area (TPSA) is 21.6 Å². The Kier molecular flexibility index (Phi) is 5.16. The molecule has 1 aromatic heterocycles. The third-order valence-corrected chi connectivity index (χ3v) is 4.07. The molecule has 2 rings (SSSR count). The smallest absolute Gasteiger partial charge is 0.127 e. The van der Waals surface area contributed by atoms with Crippen LogP contribution in [-0.4, -0.2) is 17.6 Å². The molecule has 0 amide bonds. The summed E-state index contributed by atoms with van der Waals surface area (Å²) in [7, 11) is 0. The lowest BCUT2D eigenvalue weighted by molar-refractivity contribution is 0.162. The van der Waals surface area contributed by atoms with Gasteiger partial charge in [0, 0.05) is 10.9 Å². The fourth-order valence-electron chi connectivity index (χ4n) is 1.77. The minimum Gasteiger partial charge on any atom is -0.394 e. The molecule has 100 valence electrons. The van der Waals surface area contributed by atoms with Crippen molar-refractivity contribution in [3.63, 3.8) is 0 Å². The second kappa shape index (κ2) is 6.87. The van der Waals surface area contributed by atoms with Crippen molar-refractivity contribution in [1.29, 1.82) is 0 Å². The predicted molar refractivity (Wildman–Crippen MR) is 85.6 cm³/mol. The third-order valence-electron chi connectivity index (χ3n) is 2.69. The van der Waals surface area contributed by atoms with Crippen molar-refractivity contribution in [2.24, 2.45) is 5.16 Å². The van der Waals surface area contributed by atoms with E-state index in [1.165, 1.54) is 11.1 Å². The van der Waals surface area contributed by atoms with Gasteiger partial charge in [-0.05, 0) is 36.4 Å². The maximum absolute atomic E-state index is 5.37. The zero-order valence-corrected chi connectivity index (χ0v) is 13.4. The molecule has 0 fully saturated rings. The van der Waals surface area contributed by atoms with E-state index in [9.17, 15) is 0 Å². The number of hydrogen-bond acceptors (Lipinski definition) is 3. The molecule has 0 atom stereocenters. The Hall–Kier alpha value is -1.13. The van der Waals surface area contributed by atoms with Crippen LogP contribution in [0, 0.1) is 13.8 Å². The molecule has 0 saturated heterocycles. The second-order valence-electron chi connectivity index (χ2n) is 4.27. The molecule has 0 saturated carbocycles. The van der Waals surface area contributed by atoms with Gasteiger partial charge in [-0.1, -0.05) is 45.4 Å². The van der Waals surface area contributed by atoms with Crippen molar-refractivity contribution in [1.82, 2.24) is 0 Å². The van der Waals surface area contributed by atoms with Gasteiger partial charge < -0.3 is 4.84 Å². The first-order valence-electron chi connectivity index (χ1n) is 6.10. The monoisotopic (exact) mass is 337 g/mol. The molecule has 19 heavy (non-hydrogen) atoms. The first-order valence-corrected chi connectivity index (χ1v) is 8.10. The number of hydrogen-bond donors (Lipinski definition) is 0. The minimum atomic E-state index is 0.569. The van der Waals surface area contributed by atoms with Gasteiger partial charge in [-0.25, -0.2) is 0 Å². The van der Waals surface area contributed by atoms with Crippen LogP contribution in [0.3, 0.4) is 0 Å². The fraction of sp³-hybridized carbons (Fsp3) is 0.267. The fourth-order valence-corrected chi connectivity index (χ4v) is 2.80. The Morgan fingerprint density at radius 3 is 2.74 bits per heavy atom. The average molecular weight is 338 g/mol. The maximum atomic E-state index is 5.37. The van der Waals surface area contributed by atoms with Crippen LogP contribution in [0.4, 0.5) is 0 Å². The summed E-state index contributed by atoms with van der Waals surface area (Å²) in [4.78, 5) is 6.51. The van der Waals surface area contributed by atoms with Crippen molar-refractivity contribution in [3.05, 3.63) is 57.3 Å². The highest BCUT2D eigenvalue weighted by Gasteiger charge is 2.12. The molecule has 1 heterocycles. The van der Waals surface area contributed by atoms with E-state index in [1.54, 1.807) is 11.3 Å². The third kappa shape index (κ3) is 3.67. The Bertz CT molecular complexity index is 577. The number of nitrogens with zero attached hydrogens (tertiary/aromatic N) is 1. The summed E-state index contributed by atoms with van der Waals surface area (Å²) >= 11 is 5.04. The molecule has 0 aliphatic rings. The first-order chi connectivity index (χ1) is 9.22. The van der Waals surface area contributed by atoms with Crippen LogP contribution in [-0.2, 0) is 4.84 Å². The van der Waals surface area contributed by atoms with Gasteiger partial charge >= 0.3 is 0 Å². The molecular weight excluding hydrogens is 322 g/mol. The number of oxime groups is 1. The molecule has 4 heteroatoms. The highest BCUT2D eigenvalue weighted by molar-refractivity contribution is 9.09. The molecule has 0 bridgehead atoms. The van der Waals surface area contributed by atoms with E-state index in [4.69, 9.17) is 4.84 Å². The number of alkyl halides is 1. The summed E-state index contributed by atoms with van der Waals surface area (Å²) in [5, 5.41) is 7.24. The Balaban J connectivity index is 2.40. The van der Waals surface area contributed by atoms with Crippen LogP contribution < -0.4 is 0 Å². The SMILES string of the molecule is Cc1csc(/C(=N\OCCBr)c2ccccc2C)c1. The lowest BCUT2D eigenvalue weighted by Crippen LogP contribution is -2.05. The number of thiophene rings is 1. The first kappa shape index (κ1) is 14.3. The maximum Gasteiger partial charge on any atom is 0.127 e. The van der Waals surface area contributed by atoms with Gasteiger partial charge in [0.05, 0.1) is 4.88 Å². The summed E-state index contributed by atoms with van der Waals surface area (Å²) in [6.45, 7) is 4.75. The van der Waals surface area contributed by atoms with E-state index in [1.807, 2.05) is 12.1 Å². The van der Waals surface area contributed by atoms with Gasteiger partial charge in [0.2, 0.25) is 0 Å². The van der Waals surface area contributed by atoms with E-state index >= 15 is 0 Å². The summed E-state index contributed by atoms with van der Waals surface area (Å²) in [5.41, 5.74) is 4.49. The lowest BCUT2D eigenvalue weighted by Gasteiger charge is -2.07. The van der Waals surface area contributed by atoms with Crippen molar-refractivity contribution >= 4 is 33.0 Å². The molecule has 2 aromatic rings. The molecule has 0 aliphatic heterocycles. The predicted octanol–water partition coefficient (Wildman–Crippen LogP) is 4.53. The molecule has 0 radical (unpaired) electrons. The normalized spacial score (nSPS) is 11.6. The highest BCUT2D eigenvalue weighted by Crippen LogP contribution is 2.21. The van der Waals surface area contributed by atoms with Crippen LogP contribution in [0.25, 0.3) is 0 Å². The van der Waals surface area contributed by atoms with Gasteiger partial charge in [-0.15, -0.1) is 11.3 Å². The number of rotatable bonds is 5. The Morgan fingerprint density at radius 1 is 1.32 bits per heavy atom. The second-order valence-corrected chi connectivity index (χ2v) is 5.97. The van der Waals surface area contributed by atoms with Crippen LogP contribution >= 0.6 is 27.3 Å². The standard InChI is InChI=1S/C15H16BrNOS/c1-11-9-14(19-10-11)15(17-18-8-7-16)13-6-4-3-5-12(13)2/h3-6,9-10H,7-8H2,1-2H3/b17-15-. The van der Waals surface area contributed by atoms with Crippen LogP contribution in [0.15, 0.2) is 40.9 Å². The summed E-state index contributed by atoms with van der Waals surface area (Å²) in [6, 6.07) is 10.4. The highest BCUT2D eigenvalue weighted by atomic mass is 79.9. The van der Waals surface area contributed by atoms with Crippen molar-refractivity contribution in [2.45, 2.75) is 13.8 Å². The summed E-state index contributed by atoms with van der Waals surface area (Å²) in [5.74, 6) is 0. The van der Waals surface area contributed by atoms with E-state index in [2.05, 4.69) is 58.5 Å². The summed E-state index contributed by atoms with van der Waals surface area (Å²) < 4.78 is 0. The van der Waals surface area contributed by atoms with Gasteiger partial charge in [0.1, 0.15) is 12.3 Å². The van der Waals surface area contributed by atoms with Crippen LogP contribution in [0.2, 0.25) is 0 Å². The van der Waals surface area contributed by atoms with E-state index < -0.39 is 0 Å². The average Bonchev–Trinajstić information content (AvgIpc) is 2.83. The molecule has 2 nitrogen and oxygen atoms in total. The molecule has 1 aromatic carbocycles. The van der Waals surface area contributed by atoms with Gasteiger partial charge in [0.25, 0.3) is 0 Å². The lowest BCUT2D eigenvalue weighted by atomic mass is 10.0. The molecular formula is C15H16BrNOS. The summed E-state index contributed by atoms with van der Waals surface area (Å²) in [6.07, 6.45) is 0. The molecule has 0 N–H and O–H groups in total. The van der Waals surface area contributed by atoms with E-state index in [0.717, 1.165) is 21.5 Å². The van der Waals surface area contributed by atoms with Crippen molar-refractivity contribution < 1.29 is 4.84 Å². The zero-order chi connectivity index (χ0) is 13.7. The van der Waals surface area contributed by atoms with Gasteiger partial charge in [0.15, 0.2) is 0 Å².